The molecule has 0 amide bonds. The molecule has 1 aromatic carbocycles. The van der Waals surface area contributed by atoms with E-state index >= 15 is 0 Å². The smallest absolute Gasteiger partial charge is 0.254 e. The van der Waals surface area contributed by atoms with Crippen molar-refractivity contribution >= 4 is 5.78 Å². The summed E-state index contributed by atoms with van der Waals surface area (Å²) >= 11 is 0. The molecule has 1 atom stereocenters. The lowest BCUT2D eigenvalue weighted by atomic mass is 10.1. The molecule has 7 nitrogen and oxygen atoms in total. The number of nitrogens with zero attached hydrogens (tertiary/aromatic N) is 2. The maximum Gasteiger partial charge on any atom is 0.254 e. The van der Waals surface area contributed by atoms with Crippen molar-refractivity contribution in [2.75, 3.05) is 13.7 Å². The van der Waals surface area contributed by atoms with Gasteiger partial charge in [-0.1, -0.05) is 12.1 Å². The fourth-order valence-corrected chi connectivity index (χ4v) is 2.44. The van der Waals surface area contributed by atoms with Crippen LogP contribution in [0.15, 0.2) is 35.1 Å². The molecule has 1 aromatic heterocycles. The number of benzene rings is 1. The summed E-state index contributed by atoms with van der Waals surface area (Å²) in [6.07, 6.45) is 0.408. The number of Topliss-reactive ketones (excluding diaryl/α,β-unsaturated/α-hetero) is 1. The number of hydrogen-bond donors (Lipinski definition) is 3. The highest BCUT2D eigenvalue weighted by Gasteiger charge is 2.18. The molecule has 0 bridgehead atoms. The van der Waals surface area contributed by atoms with Crippen LogP contribution >= 0.6 is 0 Å². The van der Waals surface area contributed by atoms with Gasteiger partial charge in [0.15, 0.2) is 0 Å². The van der Waals surface area contributed by atoms with Crippen molar-refractivity contribution in [3.05, 3.63) is 57.8 Å². The van der Waals surface area contributed by atoms with Gasteiger partial charge in [0.25, 0.3) is 5.56 Å². The molecule has 0 aliphatic carbocycles. The minimum absolute atomic E-state index is 0.0845. The van der Waals surface area contributed by atoms with Crippen molar-refractivity contribution in [2.24, 2.45) is 0 Å². The molecule has 0 aliphatic heterocycles. The average Bonchev–Trinajstić information content (AvgIpc) is 2.53. The number of likely N-dealkylation sites (N-methyl/N-ethyl adjacent to an activating group) is 1. The van der Waals surface area contributed by atoms with E-state index in [4.69, 9.17) is 0 Å². The fourth-order valence-electron chi connectivity index (χ4n) is 2.44. The normalized spacial score (nSPS) is 12.1. The van der Waals surface area contributed by atoms with Gasteiger partial charge in [0, 0.05) is 12.5 Å². The van der Waals surface area contributed by atoms with Gasteiger partial charge in [-0.15, -0.1) is 0 Å². The highest BCUT2D eigenvalue weighted by atomic mass is 16.3. The Morgan fingerprint density at radius 3 is 2.54 bits per heavy atom. The number of carbonyl (C=O) groups is 1. The van der Waals surface area contributed by atoms with Crippen molar-refractivity contribution in [2.45, 2.75) is 25.9 Å². The highest BCUT2D eigenvalue weighted by Crippen LogP contribution is 2.14. The summed E-state index contributed by atoms with van der Waals surface area (Å²) in [7, 11) is 1.65. The number of nitrogens with one attached hydrogen (secondary N) is 1. The van der Waals surface area contributed by atoms with Crippen molar-refractivity contribution in [1.29, 1.82) is 0 Å². The van der Waals surface area contributed by atoms with E-state index in [2.05, 4.69) is 10.3 Å². The SMILES string of the molecule is CNC(CO)c1nc(Cc2ccc(O)cc2)cc(=O)n1CC(C)=O. The first-order chi connectivity index (χ1) is 11.4. The number of ketones is 1. The minimum atomic E-state index is -0.545. The first-order valence-corrected chi connectivity index (χ1v) is 7.60. The molecule has 0 saturated heterocycles. The molecule has 24 heavy (non-hydrogen) atoms. The Balaban J connectivity index is 2.45. The summed E-state index contributed by atoms with van der Waals surface area (Å²) in [6, 6.07) is 7.48. The third-order valence-electron chi connectivity index (χ3n) is 3.64. The zero-order chi connectivity index (χ0) is 17.7. The Labute approximate surface area is 139 Å². The van der Waals surface area contributed by atoms with Gasteiger partial charge in [0.2, 0.25) is 0 Å². The predicted molar refractivity (Wildman–Crippen MR) is 89.0 cm³/mol. The summed E-state index contributed by atoms with van der Waals surface area (Å²) in [6.45, 7) is 1.07. The number of aromatic nitrogens is 2. The van der Waals surface area contributed by atoms with E-state index in [1.807, 2.05) is 0 Å². The second-order valence-electron chi connectivity index (χ2n) is 5.60. The first-order valence-electron chi connectivity index (χ1n) is 7.60. The van der Waals surface area contributed by atoms with Gasteiger partial charge in [-0.05, 0) is 31.7 Å². The van der Waals surface area contributed by atoms with Gasteiger partial charge in [0.1, 0.15) is 17.4 Å². The molecule has 0 spiro atoms. The number of hydrogen-bond acceptors (Lipinski definition) is 6. The molecular weight excluding hydrogens is 310 g/mol. The summed E-state index contributed by atoms with van der Waals surface area (Å²) in [5.41, 5.74) is 1.09. The number of phenolic OH excluding ortho intramolecular Hbond substituents is 1. The van der Waals surface area contributed by atoms with Crippen molar-refractivity contribution in [1.82, 2.24) is 14.9 Å². The third kappa shape index (κ3) is 4.27. The lowest BCUT2D eigenvalue weighted by molar-refractivity contribution is -0.117. The summed E-state index contributed by atoms with van der Waals surface area (Å²) in [4.78, 5) is 28.3. The lowest BCUT2D eigenvalue weighted by Gasteiger charge is -2.19. The standard InChI is InChI=1S/C17H21N3O4/c1-11(22)9-20-16(24)8-13(19-17(20)15(10-21)18-2)7-12-3-5-14(23)6-4-12/h3-6,8,15,18,21,23H,7,9-10H2,1-2H3. The number of phenols is 1. The quantitative estimate of drug-likeness (QED) is 0.678. The van der Waals surface area contributed by atoms with Gasteiger partial charge in [0.05, 0.1) is 24.9 Å². The van der Waals surface area contributed by atoms with Gasteiger partial charge in [-0.2, -0.15) is 0 Å². The molecule has 0 saturated carbocycles. The van der Waals surface area contributed by atoms with Crippen LogP contribution in [-0.4, -0.2) is 39.2 Å². The van der Waals surface area contributed by atoms with E-state index in [1.54, 1.807) is 31.3 Å². The predicted octanol–water partition coefficient (Wildman–Crippen LogP) is 0.381. The Morgan fingerprint density at radius 1 is 1.33 bits per heavy atom. The number of carbonyl (C=O) groups excluding carboxylic acids is 1. The summed E-state index contributed by atoms with van der Waals surface area (Å²) < 4.78 is 1.28. The van der Waals surface area contributed by atoms with Crippen LogP contribution in [0.2, 0.25) is 0 Å². The minimum Gasteiger partial charge on any atom is -0.508 e. The zero-order valence-electron chi connectivity index (χ0n) is 13.7. The second-order valence-corrected chi connectivity index (χ2v) is 5.60. The number of aromatic hydroxyl groups is 1. The monoisotopic (exact) mass is 331 g/mol. The summed E-state index contributed by atoms with van der Waals surface area (Å²) in [5.74, 6) is 0.329. The molecule has 0 aliphatic rings. The molecule has 1 heterocycles. The Bertz CT molecular complexity index is 764. The zero-order valence-corrected chi connectivity index (χ0v) is 13.7. The van der Waals surface area contributed by atoms with Crippen LogP contribution in [0.1, 0.15) is 30.0 Å². The maximum absolute atomic E-state index is 12.4. The van der Waals surface area contributed by atoms with E-state index < -0.39 is 6.04 Å². The average molecular weight is 331 g/mol. The fraction of sp³-hybridized carbons (Fsp3) is 0.353. The molecule has 0 fully saturated rings. The van der Waals surface area contributed by atoms with Crippen molar-refractivity contribution in [3.63, 3.8) is 0 Å². The number of aliphatic hydroxyl groups is 1. The molecular formula is C17H21N3O4. The van der Waals surface area contributed by atoms with Crippen LogP contribution in [0.3, 0.4) is 0 Å². The van der Waals surface area contributed by atoms with E-state index in [-0.39, 0.29) is 30.2 Å². The number of rotatable bonds is 7. The molecule has 0 radical (unpaired) electrons. The Kier molecular flexibility index (Phi) is 5.83. The van der Waals surface area contributed by atoms with E-state index in [1.165, 1.54) is 17.6 Å². The Hall–Kier alpha value is -2.51. The molecule has 128 valence electrons. The van der Waals surface area contributed by atoms with Crippen LogP contribution < -0.4 is 10.9 Å². The van der Waals surface area contributed by atoms with Gasteiger partial charge < -0.3 is 15.5 Å². The first kappa shape index (κ1) is 17.8. The Morgan fingerprint density at radius 2 is 2.00 bits per heavy atom. The third-order valence-corrected chi connectivity index (χ3v) is 3.64. The molecule has 2 aromatic rings. The van der Waals surface area contributed by atoms with E-state index in [0.717, 1.165) is 5.56 Å². The van der Waals surface area contributed by atoms with Gasteiger partial charge in [-0.3, -0.25) is 14.2 Å². The second kappa shape index (κ2) is 7.85. The van der Waals surface area contributed by atoms with Crippen LogP contribution in [-0.2, 0) is 17.8 Å². The maximum atomic E-state index is 12.4. The molecule has 7 heteroatoms. The number of aliphatic hydroxyl groups excluding tert-OH is 1. The molecule has 1 unspecified atom stereocenters. The van der Waals surface area contributed by atoms with Crippen molar-refractivity contribution in [3.8, 4) is 5.75 Å². The summed E-state index contributed by atoms with van der Waals surface area (Å²) in [5, 5.41) is 21.7. The molecule has 2 rings (SSSR count). The van der Waals surface area contributed by atoms with Crippen LogP contribution in [0, 0.1) is 0 Å². The largest absolute Gasteiger partial charge is 0.508 e. The van der Waals surface area contributed by atoms with E-state index in [0.29, 0.717) is 17.9 Å². The van der Waals surface area contributed by atoms with Crippen LogP contribution in [0.25, 0.3) is 0 Å². The van der Waals surface area contributed by atoms with Crippen LogP contribution in [0.4, 0.5) is 0 Å². The lowest BCUT2D eigenvalue weighted by Crippen LogP contribution is -2.34. The van der Waals surface area contributed by atoms with Crippen LogP contribution in [0.5, 0.6) is 5.75 Å². The highest BCUT2D eigenvalue weighted by molar-refractivity contribution is 5.75. The topological polar surface area (TPSA) is 104 Å². The molecule has 3 N–H and O–H groups in total. The van der Waals surface area contributed by atoms with Gasteiger partial charge >= 0.3 is 0 Å². The van der Waals surface area contributed by atoms with E-state index in [9.17, 15) is 19.8 Å². The van der Waals surface area contributed by atoms with Gasteiger partial charge in [-0.25, -0.2) is 4.98 Å². The van der Waals surface area contributed by atoms with Crippen molar-refractivity contribution < 1.29 is 15.0 Å².